The van der Waals surface area contributed by atoms with Gasteiger partial charge >= 0.3 is 7.12 Å². The molecule has 4 fully saturated rings. The van der Waals surface area contributed by atoms with Crippen LogP contribution in [0, 0.1) is 23.2 Å². The molecule has 0 aromatic carbocycles. The fraction of sp³-hybridized carbons (Fsp3) is 0.941. The van der Waals surface area contributed by atoms with E-state index in [1.54, 1.807) is 0 Å². The molecule has 4 aliphatic rings. The molecule has 1 heterocycles. The summed E-state index contributed by atoms with van der Waals surface area (Å²) in [6.07, 6.45) is 3.28. The molecule has 1 aliphatic heterocycles. The highest BCUT2D eigenvalue weighted by atomic mass is 16.7. The molecular weight excluding hydrogens is 291 g/mol. The molecule has 0 radical (unpaired) electrons. The van der Waals surface area contributed by atoms with E-state index in [1.165, 1.54) is 6.42 Å². The van der Waals surface area contributed by atoms with E-state index in [4.69, 9.17) is 15.0 Å². The first-order valence-electron chi connectivity index (χ1n) is 9.01. The first-order valence-corrected chi connectivity index (χ1v) is 9.01. The summed E-state index contributed by atoms with van der Waals surface area (Å²) in [6.45, 7) is 11.2. The van der Waals surface area contributed by atoms with Crippen LogP contribution in [0.4, 0.5) is 0 Å². The summed E-state index contributed by atoms with van der Waals surface area (Å²) < 4.78 is 12.8. The maximum Gasteiger partial charge on any atom is 0.481 e. The van der Waals surface area contributed by atoms with Crippen molar-refractivity contribution in [2.24, 2.45) is 28.9 Å². The van der Waals surface area contributed by atoms with Gasteiger partial charge in [-0.05, 0) is 49.4 Å². The van der Waals surface area contributed by atoms with Crippen molar-refractivity contribution in [1.29, 1.82) is 0 Å². The molecule has 5 nitrogen and oxygen atoms in total. The van der Waals surface area contributed by atoms with Crippen LogP contribution in [0.15, 0.2) is 0 Å². The SMILES string of the molecule is CC(C)C[C@H](NC(=O)CN)B1O[C@@H]2C[C@@H]3C[C@@H](C3(C)C)[C@]2(C)O1. The van der Waals surface area contributed by atoms with Gasteiger partial charge in [0.2, 0.25) is 5.91 Å². The molecule has 6 heteroatoms. The van der Waals surface area contributed by atoms with Gasteiger partial charge < -0.3 is 20.4 Å². The second-order valence-corrected chi connectivity index (χ2v) is 8.84. The minimum absolute atomic E-state index is 0.000256. The van der Waals surface area contributed by atoms with Gasteiger partial charge in [0.25, 0.3) is 0 Å². The lowest BCUT2D eigenvalue weighted by molar-refractivity contribution is -0.199. The second-order valence-electron chi connectivity index (χ2n) is 8.84. The third kappa shape index (κ3) is 2.73. The van der Waals surface area contributed by atoms with Crippen molar-refractivity contribution in [3.05, 3.63) is 0 Å². The Bertz CT molecular complexity index is 484. The largest absolute Gasteiger partial charge is 0.481 e. The summed E-state index contributed by atoms with van der Waals surface area (Å²) in [4.78, 5) is 11.8. The van der Waals surface area contributed by atoms with Crippen molar-refractivity contribution in [1.82, 2.24) is 5.32 Å². The first kappa shape index (κ1) is 17.2. The van der Waals surface area contributed by atoms with Crippen LogP contribution in [0.2, 0.25) is 0 Å². The maximum absolute atomic E-state index is 11.8. The minimum atomic E-state index is -0.363. The Morgan fingerprint density at radius 2 is 2.04 bits per heavy atom. The van der Waals surface area contributed by atoms with Gasteiger partial charge in [0.1, 0.15) is 0 Å². The molecule has 1 saturated heterocycles. The molecule has 5 atom stereocenters. The minimum Gasteiger partial charge on any atom is -0.404 e. The van der Waals surface area contributed by atoms with Gasteiger partial charge in [0, 0.05) is 0 Å². The average molecular weight is 322 g/mol. The Balaban J connectivity index is 1.75. The van der Waals surface area contributed by atoms with Gasteiger partial charge in [-0.15, -0.1) is 0 Å². The summed E-state index contributed by atoms with van der Waals surface area (Å²) in [6, 6.07) is 0. The van der Waals surface area contributed by atoms with E-state index in [-0.39, 0.29) is 37.2 Å². The van der Waals surface area contributed by atoms with Crippen molar-refractivity contribution in [3.8, 4) is 0 Å². The summed E-state index contributed by atoms with van der Waals surface area (Å²) >= 11 is 0. The van der Waals surface area contributed by atoms with Crippen LogP contribution in [0.1, 0.15) is 53.9 Å². The molecule has 3 aliphatic carbocycles. The zero-order valence-corrected chi connectivity index (χ0v) is 15.1. The summed E-state index contributed by atoms with van der Waals surface area (Å²) in [5.41, 5.74) is 5.56. The van der Waals surface area contributed by atoms with E-state index in [0.717, 1.165) is 18.8 Å². The summed E-state index contributed by atoms with van der Waals surface area (Å²) in [5, 5.41) is 3.00. The lowest BCUT2D eigenvalue weighted by Gasteiger charge is -2.64. The van der Waals surface area contributed by atoms with Crippen molar-refractivity contribution < 1.29 is 14.1 Å². The van der Waals surface area contributed by atoms with Gasteiger partial charge in [-0.25, -0.2) is 0 Å². The number of nitrogens with one attached hydrogen (secondary N) is 1. The van der Waals surface area contributed by atoms with E-state index in [2.05, 4.69) is 39.9 Å². The molecule has 130 valence electrons. The molecule has 0 aromatic rings. The van der Waals surface area contributed by atoms with Crippen LogP contribution >= 0.6 is 0 Å². The van der Waals surface area contributed by atoms with Crippen LogP contribution < -0.4 is 11.1 Å². The van der Waals surface area contributed by atoms with E-state index in [1.807, 2.05) is 0 Å². The summed E-state index contributed by atoms with van der Waals surface area (Å²) in [5.74, 6) is 1.44. The molecule has 23 heavy (non-hydrogen) atoms. The standard InChI is InChI=1S/C17H31BN2O3/c1-10(2)6-14(20-15(21)9-19)18-22-13-8-11-7-12(16(11,3)4)17(13,5)23-18/h10-14H,6-9,19H2,1-5H3,(H,20,21)/t11-,12-,13+,14-,17-/m0/s1. The van der Waals surface area contributed by atoms with Gasteiger partial charge in [-0.3, -0.25) is 4.79 Å². The van der Waals surface area contributed by atoms with Gasteiger partial charge in [-0.2, -0.15) is 0 Å². The Morgan fingerprint density at radius 3 is 2.61 bits per heavy atom. The lowest BCUT2D eigenvalue weighted by Crippen LogP contribution is -2.65. The molecule has 2 bridgehead atoms. The molecular formula is C17H31BN2O3. The van der Waals surface area contributed by atoms with E-state index in [0.29, 0.717) is 17.3 Å². The van der Waals surface area contributed by atoms with Gasteiger partial charge in [0.05, 0.1) is 24.2 Å². The molecule has 0 spiro atoms. The van der Waals surface area contributed by atoms with Crippen LogP contribution in [0.25, 0.3) is 0 Å². The third-order valence-corrected chi connectivity index (χ3v) is 6.55. The fourth-order valence-corrected chi connectivity index (χ4v) is 5.08. The topological polar surface area (TPSA) is 73.6 Å². The molecule has 3 N–H and O–H groups in total. The third-order valence-electron chi connectivity index (χ3n) is 6.55. The van der Waals surface area contributed by atoms with E-state index < -0.39 is 0 Å². The van der Waals surface area contributed by atoms with Gasteiger partial charge in [0.15, 0.2) is 0 Å². The molecule has 3 saturated carbocycles. The number of hydrogen-bond acceptors (Lipinski definition) is 4. The van der Waals surface area contributed by atoms with Crippen molar-refractivity contribution in [2.75, 3.05) is 6.54 Å². The van der Waals surface area contributed by atoms with Crippen LogP contribution in [-0.4, -0.2) is 37.2 Å². The van der Waals surface area contributed by atoms with Crippen LogP contribution in [0.5, 0.6) is 0 Å². The lowest BCUT2D eigenvalue weighted by atomic mass is 9.43. The van der Waals surface area contributed by atoms with Crippen LogP contribution in [0.3, 0.4) is 0 Å². The Hall–Kier alpha value is -0.585. The normalized spacial score (nSPS) is 38.9. The highest BCUT2D eigenvalue weighted by Crippen LogP contribution is 2.65. The smallest absolute Gasteiger partial charge is 0.404 e. The van der Waals surface area contributed by atoms with E-state index in [9.17, 15) is 4.79 Å². The maximum atomic E-state index is 11.8. The first-order chi connectivity index (χ1) is 10.7. The molecule has 0 unspecified atom stereocenters. The predicted molar refractivity (Wildman–Crippen MR) is 90.6 cm³/mol. The monoisotopic (exact) mass is 322 g/mol. The fourth-order valence-electron chi connectivity index (χ4n) is 5.08. The zero-order chi connectivity index (χ0) is 17.0. The predicted octanol–water partition coefficient (Wildman–Crippen LogP) is 1.74. The summed E-state index contributed by atoms with van der Waals surface area (Å²) in [7, 11) is -0.363. The Labute approximate surface area is 140 Å². The molecule has 1 amide bonds. The highest BCUT2D eigenvalue weighted by molar-refractivity contribution is 6.47. The van der Waals surface area contributed by atoms with Crippen molar-refractivity contribution in [3.63, 3.8) is 0 Å². The Kier molecular flexibility index (Phi) is 4.31. The van der Waals surface area contributed by atoms with Crippen molar-refractivity contribution >= 4 is 13.0 Å². The molecule has 4 rings (SSSR count). The number of amides is 1. The number of carbonyl (C=O) groups excluding carboxylic acids is 1. The van der Waals surface area contributed by atoms with Crippen LogP contribution in [-0.2, 0) is 14.1 Å². The number of rotatable bonds is 5. The van der Waals surface area contributed by atoms with E-state index >= 15 is 0 Å². The average Bonchev–Trinajstić information content (AvgIpc) is 2.82. The number of nitrogens with two attached hydrogens (primary N) is 1. The number of carbonyl (C=O) groups is 1. The zero-order valence-electron chi connectivity index (χ0n) is 15.1. The van der Waals surface area contributed by atoms with Crippen molar-refractivity contribution in [2.45, 2.75) is 71.5 Å². The highest BCUT2D eigenvalue weighted by Gasteiger charge is 2.68. The quantitative estimate of drug-likeness (QED) is 0.756. The van der Waals surface area contributed by atoms with Gasteiger partial charge in [-0.1, -0.05) is 27.7 Å². The Morgan fingerprint density at radius 1 is 1.35 bits per heavy atom. The molecule has 0 aromatic heterocycles. The number of hydrogen-bond donors (Lipinski definition) is 2. The second kappa shape index (κ2) is 5.75.